The van der Waals surface area contributed by atoms with Crippen molar-refractivity contribution in [2.24, 2.45) is 5.92 Å². The Kier molecular flexibility index (Phi) is 7.13. The summed E-state index contributed by atoms with van der Waals surface area (Å²) < 4.78 is 36.4. The van der Waals surface area contributed by atoms with E-state index in [1.54, 1.807) is 31.4 Å². The van der Waals surface area contributed by atoms with E-state index in [0.717, 1.165) is 49.8 Å². The first-order valence-corrected chi connectivity index (χ1v) is 12.6. The number of methoxy groups -OCH3 is 1. The summed E-state index contributed by atoms with van der Waals surface area (Å²) in [5, 5.41) is 1.83. The third kappa shape index (κ3) is 5.68. The molecule has 1 saturated carbocycles. The Hall–Kier alpha value is -2.42. The van der Waals surface area contributed by atoms with Crippen LogP contribution in [0.4, 0.5) is 0 Å². The molecule has 0 aromatic heterocycles. The number of carbonyl (C=O) groups is 1. The van der Waals surface area contributed by atoms with Gasteiger partial charge >= 0.3 is 0 Å². The van der Waals surface area contributed by atoms with Gasteiger partial charge in [0.05, 0.1) is 18.6 Å². The highest BCUT2D eigenvalue weighted by Gasteiger charge is 2.30. The summed E-state index contributed by atoms with van der Waals surface area (Å²) in [5.74, 6) is 1.82. The lowest BCUT2D eigenvalue weighted by Gasteiger charge is -2.25. The predicted molar refractivity (Wildman–Crippen MR) is 121 cm³/mol. The third-order valence-electron chi connectivity index (χ3n) is 6.02. The van der Waals surface area contributed by atoms with Crippen molar-refractivity contribution in [2.45, 2.75) is 49.5 Å². The van der Waals surface area contributed by atoms with E-state index in [-0.39, 0.29) is 22.6 Å². The molecule has 1 heterocycles. The zero-order valence-corrected chi connectivity index (χ0v) is 19.1. The zero-order valence-electron chi connectivity index (χ0n) is 18.3. The van der Waals surface area contributed by atoms with Crippen LogP contribution in [-0.4, -0.2) is 45.5 Å². The minimum Gasteiger partial charge on any atom is -0.497 e. The highest BCUT2D eigenvalue weighted by molar-refractivity contribution is 7.89. The van der Waals surface area contributed by atoms with Gasteiger partial charge in [-0.05, 0) is 87.1 Å². The van der Waals surface area contributed by atoms with Crippen molar-refractivity contribution in [1.82, 2.24) is 9.84 Å². The Labute approximate surface area is 189 Å². The Morgan fingerprint density at radius 3 is 2.38 bits per heavy atom. The molecule has 1 saturated heterocycles. The van der Waals surface area contributed by atoms with E-state index < -0.39 is 10.0 Å². The molecule has 2 aliphatic rings. The summed E-state index contributed by atoms with van der Waals surface area (Å²) in [6.07, 6.45) is 5.56. The number of nitrogens with zero attached hydrogens (tertiary/aromatic N) is 1. The van der Waals surface area contributed by atoms with Gasteiger partial charge in [-0.3, -0.25) is 4.79 Å². The van der Waals surface area contributed by atoms with Crippen molar-refractivity contribution < 1.29 is 22.7 Å². The molecule has 1 aliphatic carbocycles. The summed E-state index contributed by atoms with van der Waals surface area (Å²) in [7, 11) is -2.08. The number of benzene rings is 2. The van der Waals surface area contributed by atoms with Crippen LogP contribution >= 0.6 is 0 Å². The molecule has 0 bridgehead atoms. The molecule has 0 radical (unpaired) electrons. The van der Waals surface area contributed by atoms with Gasteiger partial charge in [0.1, 0.15) is 11.5 Å². The van der Waals surface area contributed by atoms with E-state index in [0.29, 0.717) is 18.9 Å². The van der Waals surface area contributed by atoms with Gasteiger partial charge in [0.2, 0.25) is 0 Å². The fourth-order valence-corrected chi connectivity index (χ4v) is 5.17. The van der Waals surface area contributed by atoms with Gasteiger partial charge < -0.3 is 9.47 Å². The van der Waals surface area contributed by atoms with Crippen LogP contribution in [-0.2, 0) is 10.0 Å². The number of sulfonamides is 1. The fourth-order valence-electron chi connectivity index (χ4n) is 4.02. The zero-order chi connectivity index (χ0) is 22.6. The van der Waals surface area contributed by atoms with Crippen LogP contribution in [0.2, 0.25) is 0 Å². The number of ether oxygens (including phenoxy) is 2. The minimum atomic E-state index is -3.63. The number of carbonyl (C=O) groups excluding carboxylic acids is 1. The second kappa shape index (κ2) is 10.0. The van der Waals surface area contributed by atoms with Crippen molar-refractivity contribution in [3.8, 4) is 11.5 Å². The standard InChI is InChI=1S/C24H30N2O5S/c1-30-21-12-14-23(15-13-21)32(28,29)25-26-16-2-4-20(26)5-3-17-31-22-10-8-19(9-11-22)24(27)18-6-7-18/h8-15,18,20,25H,2-7,16-17H2,1H3. The number of hydrogen-bond donors (Lipinski definition) is 1. The van der Waals surface area contributed by atoms with E-state index in [4.69, 9.17) is 9.47 Å². The summed E-state index contributed by atoms with van der Waals surface area (Å²) in [5.41, 5.74) is 0.755. The van der Waals surface area contributed by atoms with Crippen LogP contribution in [0.15, 0.2) is 53.4 Å². The van der Waals surface area contributed by atoms with Crippen molar-refractivity contribution in [3.05, 3.63) is 54.1 Å². The molecule has 1 aliphatic heterocycles. The summed E-state index contributed by atoms with van der Waals surface area (Å²) in [6, 6.07) is 13.9. The number of rotatable bonds is 11. The Bertz CT molecular complexity index is 1020. The molecule has 2 fully saturated rings. The lowest BCUT2D eigenvalue weighted by atomic mass is 10.1. The maximum atomic E-state index is 12.7. The average molecular weight is 459 g/mol. The summed E-state index contributed by atoms with van der Waals surface area (Å²) in [4.78, 5) is 15.0. The first-order chi connectivity index (χ1) is 15.5. The predicted octanol–water partition coefficient (Wildman–Crippen LogP) is 3.80. The van der Waals surface area contributed by atoms with Crippen LogP contribution in [0.25, 0.3) is 0 Å². The van der Waals surface area contributed by atoms with Gasteiger partial charge in [-0.2, -0.15) is 0 Å². The summed E-state index contributed by atoms with van der Waals surface area (Å²) >= 11 is 0. The molecule has 1 N–H and O–H groups in total. The van der Waals surface area contributed by atoms with Crippen LogP contribution in [0.5, 0.6) is 11.5 Å². The fraction of sp³-hybridized carbons (Fsp3) is 0.458. The van der Waals surface area contributed by atoms with E-state index >= 15 is 0 Å². The maximum absolute atomic E-state index is 12.7. The van der Waals surface area contributed by atoms with E-state index in [1.807, 2.05) is 29.3 Å². The average Bonchev–Trinajstić information content (AvgIpc) is 3.57. The Morgan fingerprint density at radius 2 is 1.72 bits per heavy atom. The van der Waals surface area contributed by atoms with Crippen molar-refractivity contribution >= 4 is 15.8 Å². The molecule has 0 amide bonds. The highest BCUT2D eigenvalue weighted by atomic mass is 32.2. The molecule has 1 unspecified atom stereocenters. The third-order valence-corrected chi connectivity index (χ3v) is 7.39. The number of ketones is 1. The topological polar surface area (TPSA) is 84.9 Å². The SMILES string of the molecule is COc1ccc(S(=O)(=O)NN2CCCC2CCCOc2ccc(C(=O)C3CC3)cc2)cc1. The molecule has 2 aromatic carbocycles. The lowest BCUT2D eigenvalue weighted by Crippen LogP contribution is -2.45. The molecule has 0 spiro atoms. The van der Waals surface area contributed by atoms with Crippen LogP contribution < -0.4 is 14.3 Å². The van der Waals surface area contributed by atoms with Crippen molar-refractivity contribution in [2.75, 3.05) is 20.3 Å². The van der Waals surface area contributed by atoms with Gasteiger partial charge in [-0.25, -0.2) is 13.4 Å². The summed E-state index contributed by atoms with van der Waals surface area (Å²) in [6.45, 7) is 1.24. The molecule has 32 heavy (non-hydrogen) atoms. The van der Waals surface area contributed by atoms with Crippen LogP contribution in [0.3, 0.4) is 0 Å². The Morgan fingerprint density at radius 1 is 1.03 bits per heavy atom. The molecule has 172 valence electrons. The smallest absolute Gasteiger partial charge is 0.253 e. The van der Waals surface area contributed by atoms with E-state index in [2.05, 4.69) is 4.83 Å². The number of nitrogens with one attached hydrogen (secondary N) is 1. The first-order valence-electron chi connectivity index (χ1n) is 11.2. The van der Waals surface area contributed by atoms with Crippen molar-refractivity contribution in [3.63, 3.8) is 0 Å². The quantitative estimate of drug-likeness (QED) is 0.407. The molecular formula is C24H30N2O5S. The molecule has 4 rings (SSSR count). The minimum absolute atomic E-state index is 0.144. The van der Waals surface area contributed by atoms with Crippen LogP contribution in [0, 0.1) is 5.92 Å². The second-order valence-electron chi connectivity index (χ2n) is 8.41. The van der Waals surface area contributed by atoms with Gasteiger partial charge in [-0.15, -0.1) is 4.83 Å². The molecule has 1 atom stereocenters. The van der Waals surface area contributed by atoms with Crippen molar-refractivity contribution in [1.29, 1.82) is 0 Å². The first kappa shape index (κ1) is 22.8. The molecular weight excluding hydrogens is 428 g/mol. The normalized spacial score (nSPS) is 19.1. The second-order valence-corrected chi connectivity index (χ2v) is 10.1. The molecule has 8 heteroatoms. The lowest BCUT2D eigenvalue weighted by molar-refractivity contribution is 0.0967. The number of hydrogen-bond acceptors (Lipinski definition) is 6. The number of hydrazine groups is 1. The van der Waals surface area contributed by atoms with Gasteiger partial charge in [-0.1, -0.05) is 0 Å². The monoisotopic (exact) mass is 458 g/mol. The largest absolute Gasteiger partial charge is 0.497 e. The maximum Gasteiger partial charge on any atom is 0.253 e. The van der Waals surface area contributed by atoms with E-state index in [9.17, 15) is 13.2 Å². The van der Waals surface area contributed by atoms with E-state index in [1.165, 1.54) is 0 Å². The molecule has 7 nitrogen and oxygen atoms in total. The van der Waals surface area contributed by atoms with Gasteiger partial charge in [0.25, 0.3) is 10.0 Å². The molecule has 2 aromatic rings. The highest BCUT2D eigenvalue weighted by Crippen LogP contribution is 2.33. The van der Waals surface area contributed by atoms with Gasteiger partial charge in [0.15, 0.2) is 5.78 Å². The van der Waals surface area contributed by atoms with Gasteiger partial charge in [0, 0.05) is 24.1 Å². The number of Topliss-reactive ketones (excluding diaryl/α,β-unsaturated/α-hetero) is 1. The van der Waals surface area contributed by atoms with Crippen LogP contribution in [0.1, 0.15) is 48.9 Å². The Balaban J connectivity index is 1.23.